The van der Waals surface area contributed by atoms with Crippen LogP contribution in [0, 0.1) is 12.3 Å². The van der Waals surface area contributed by atoms with Crippen LogP contribution in [-0.4, -0.2) is 16.1 Å². The van der Waals surface area contributed by atoms with Crippen molar-refractivity contribution < 1.29 is 9.59 Å². The number of hydrogen-bond acceptors (Lipinski definition) is 2. The molecule has 1 aromatic heterocycles. The van der Waals surface area contributed by atoms with Gasteiger partial charge in [0, 0.05) is 34.6 Å². The van der Waals surface area contributed by atoms with Gasteiger partial charge >= 0.3 is 0 Å². The van der Waals surface area contributed by atoms with Crippen LogP contribution in [0.2, 0.25) is 0 Å². The van der Waals surface area contributed by atoms with Gasteiger partial charge in [-0.05, 0) is 56.0 Å². The predicted octanol–water partition coefficient (Wildman–Crippen LogP) is 4.14. The molecule has 0 spiro atoms. The number of ketones is 2. The van der Waals surface area contributed by atoms with Gasteiger partial charge in [-0.25, -0.2) is 0 Å². The number of benzene rings is 1. The Balaban J connectivity index is 2.12. The van der Waals surface area contributed by atoms with Gasteiger partial charge in [0.25, 0.3) is 0 Å². The summed E-state index contributed by atoms with van der Waals surface area (Å²) in [7, 11) is 0. The summed E-state index contributed by atoms with van der Waals surface area (Å²) in [5.41, 5.74) is 4.72. The number of rotatable bonds is 2. The maximum absolute atomic E-state index is 12.4. The Kier molecular flexibility index (Phi) is 3.32. The Hall–Kier alpha value is -2.16. The van der Waals surface area contributed by atoms with Crippen molar-refractivity contribution in [2.75, 3.05) is 0 Å². The van der Waals surface area contributed by atoms with Gasteiger partial charge < -0.3 is 4.57 Å². The first kappa shape index (κ1) is 14.8. The summed E-state index contributed by atoms with van der Waals surface area (Å²) in [6, 6.07) is 9.59. The molecule has 0 aliphatic heterocycles. The van der Waals surface area contributed by atoms with Gasteiger partial charge in [-0.1, -0.05) is 13.8 Å². The maximum atomic E-state index is 12.4. The third-order valence-electron chi connectivity index (χ3n) is 4.40. The van der Waals surface area contributed by atoms with Crippen LogP contribution in [0.5, 0.6) is 0 Å². The highest BCUT2D eigenvalue weighted by molar-refractivity contribution is 5.99. The molecule has 0 amide bonds. The molecule has 0 saturated carbocycles. The predicted molar refractivity (Wildman–Crippen MR) is 86.9 cm³/mol. The highest BCUT2D eigenvalue weighted by Crippen LogP contribution is 2.37. The van der Waals surface area contributed by atoms with Crippen molar-refractivity contribution in [2.24, 2.45) is 5.41 Å². The average molecular weight is 295 g/mol. The molecular formula is C19H21NO2. The second-order valence-electron chi connectivity index (χ2n) is 7.03. The largest absolute Gasteiger partial charge is 0.317 e. The molecule has 0 atom stereocenters. The third kappa shape index (κ3) is 2.41. The molecule has 1 aromatic carbocycles. The molecule has 3 nitrogen and oxygen atoms in total. The zero-order chi connectivity index (χ0) is 16.1. The van der Waals surface area contributed by atoms with Crippen molar-refractivity contribution in [1.82, 2.24) is 4.57 Å². The van der Waals surface area contributed by atoms with E-state index in [9.17, 15) is 9.59 Å². The van der Waals surface area contributed by atoms with Gasteiger partial charge in [-0.3, -0.25) is 9.59 Å². The number of Topliss-reactive ketones (excluding diaryl/α,β-unsaturated/α-hetero) is 2. The topological polar surface area (TPSA) is 39.1 Å². The normalized spacial score (nSPS) is 16.5. The summed E-state index contributed by atoms with van der Waals surface area (Å²) in [6.45, 7) is 7.87. The molecule has 3 rings (SSSR count). The Morgan fingerprint density at radius 3 is 2.36 bits per heavy atom. The Morgan fingerprint density at radius 1 is 1.14 bits per heavy atom. The van der Waals surface area contributed by atoms with E-state index in [1.807, 2.05) is 37.3 Å². The minimum Gasteiger partial charge on any atom is -0.317 e. The minimum absolute atomic E-state index is 0.00798. The third-order valence-corrected chi connectivity index (χ3v) is 4.40. The molecule has 0 unspecified atom stereocenters. The van der Waals surface area contributed by atoms with E-state index < -0.39 is 0 Å². The second-order valence-corrected chi connectivity index (χ2v) is 7.03. The van der Waals surface area contributed by atoms with Crippen molar-refractivity contribution in [3.63, 3.8) is 0 Å². The molecule has 1 aliphatic rings. The van der Waals surface area contributed by atoms with Crippen LogP contribution < -0.4 is 0 Å². The zero-order valence-corrected chi connectivity index (χ0v) is 13.6. The fourth-order valence-corrected chi connectivity index (χ4v) is 3.36. The molecule has 1 aliphatic carbocycles. The first-order chi connectivity index (χ1) is 10.3. The van der Waals surface area contributed by atoms with E-state index in [0.29, 0.717) is 12.0 Å². The van der Waals surface area contributed by atoms with Crippen LogP contribution >= 0.6 is 0 Å². The number of aryl methyl sites for hydroxylation is 1. The molecule has 0 saturated heterocycles. The van der Waals surface area contributed by atoms with Crippen molar-refractivity contribution in [3.8, 4) is 5.69 Å². The number of aromatic nitrogens is 1. The molecular weight excluding hydrogens is 274 g/mol. The molecule has 1 heterocycles. The molecule has 0 radical (unpaired) electrons. The average Bonchev–Trinajstić information content (AvgIpc) is 2.74. The van der Waals surface area contributed by atoms with Gasteiger partial charge in [-0.15, -0.1) is 0 Å². The van der Waals surface area contributed by atoms with Gasteiger partial charge in [0.15, 0.2) is 11.6 Å². The van der Waals surface area contributed by atoms with Crippen LogP contribution in [-0.2, 0) is 6.42 Å². The summed E-state index contributed by atoms with van der Waals surface area (Å²) < 4.78 is 2.15. The Morgan fingerprint density at radius 2 is 1.77 bits per heavy atom. The minimum atomic E-state index is -0.00798. The summed E-state index contributed by atoms with van der Waals surface area (Å²) in [5, 5.41) is 0. The summed E-state index contributed by atoms with van der Waals surface area (Å²) in [5.74, 6) is 0.294. The number of fused-ring (bicyclic) bond motifs is 1. The van der Waals surface area contributed by atoms with Crippen molar-refractivity contribution in [2.45, 2.75) is 40.5 Å². The highest BCUT2D eigenvalue weighted by Gasteiger charge is 2.34. The molecule has 114 valence electrons. The summed E-state index contributed by atoms with van der Waals surface area (Å²) >= 11 is 0. The van der Waals surface area contributed by atoms with E-state index in [0.717, 1.165) is 29.1 Å². The lowest BCUT2D eigenvalue weighted by atomic mass is 9.76. The molecule has 0 N–H and O–H groups in total. The number of hydrogen-bond donors (Lipinski definition) is 0. The van der Waals surface area contributed by atoms with Crippen molar-refractivity contribution >= 4 is 11.6 Å². The van der Waals surface area contributed by atoms with E-state index in [-0.39, 0.29) is 17.0 Å². The second kappa shape index (κ2) is 4.94. The maximum Gasteiger partial charge on any atom is 0.165 e. The highest BCUT2D eigenvalue weighted by atomic mass is 16.1. The zero-order valence-electron chi connectivity index (χ0n) is 13.6. The molecule has 0 fully saturated rings. The Labute approximate surface area is 131 Å². The van der Waals surface area contributed by atoms with Crippen LogP contribution in [0.25, 0.3) is 5.69 Å². The lowest BCUT2D eigenvalue weighted by Gasteiger charge is -2.29. The van der Waals surface area contributed by atoms with Crippen LogP contribution in [0.4, 0.5) is 0 Å². The quantitative estimate of drug-likeness (QED) is 0.781. The fraction of sp³-hybridized carbons (Fsp3) is 0.368. The van der Waals surface area contributed by atoms with Crippen molar-refractivity contribution in [3.05, 3.63) is 52.8 Å². The van der Waals surface area contributed by atoms with Gasteiger partial charge in [-0.2, -0.15) is 0 Å². The fourth-order valence-electron chi connectivity index (χ4n) is 3.36. The van der Waals surface area contributed by atoms with Gasteiger partial charge in [0.1, 0.15) is 0 Å². The van der Waals surface area contributed by atoms with E-state index >= 15 is 0 Å². The van der Waals surface area contributed by atoms with E-state index in [2.05, 4.69) is 18.4 Å². The molecule has 2 aromatic rings. The lowest BCUT2D eigenvalue weighted by Crippen LogP contribution is -2.27. The van der Waals surface area contributed by atoms with Crippen LogP contribution in [0.3, 0.4) is 0 Å². The standard InChI is InChI=1S/C19H21NO2/c1-12-9-16-17(10-19(3,4)11-18(16)22)20(12)15-7-5-14(6-8-15)13(2)21/h5-9H,10-11H2,1-4H3. The molecule has 22 heavy (non-hydrogen) atoms. The van der Waals surface area contributed by atoms with Crippen LogP contribution in [0.15, 0.2) is 30.3 Å². The van der Waals surface area contributed by atoms with E-state index in [1.54, 1.807) is 6.92 Å². The van der Waals surface area contributed by atoms with E-state index in [4.69, 9.17) is 0 Å². The van der Waals surface area contributed by atoms with Gasteiger partial charge in [0.2, 0.25) is 0 Å². The number of carbonyl (C=O) groups is 2. The monoisotopic (exact) mass is 295 g/mol. The van der Waals surface area contributed by atoms with Crippen LogP contribution in [0.1, 0.15) is 59.3 Å². The van der Waals surface area contributed by atoms with Crippen molar-refractivity contribution in [1.29, 1.82) is 0 Å². The molecule has 0 bridgehead atoms. The smallest absolute Gasteiger partial charge is 0.165 e. The van der Waals surface area contributed by atoms with E-state index in [1.165, 1.54) is 0 Å². The first-order valence-electron chi connectivity index (χ1n) is 7.64. The SMILES string of the molecule is CC(=O)c1ccc(-n2c(C)cc3c2CC(C)(C)CC3=O)cc1. The number of carbonyl (C=O) groups excluding carboxylic acids is 2. The number of nitrogens with zero attached hydrogens (tertiary/aromatic N) is 1. The first-order valence-corrected chi connectivity index (χ1v) is 7.64. The summed E-state index contributed by atoms with van der Waals surface area (Å²) in [6.07, 6.45) is 1.49. The van der Waals surface area contributed by atoms with Gasteiger partial charge in [0.05, 0.1) is 0 Å². The Bertz CT molecular complexity index is 763. The summed E-state index contributed by atoms with van der Waals surface area (Å²) in [4.78, 5) is 23.8. The molecule has 3 heteroatoms. The lowest BCUT2D eigenvalue weighted by molar-refractivity contribution is 0.0910.